The van der Waals surface area contributed by atoms with Crippen molar-refractivity contribution >= 4 is 38.7 Å². The van der Waals surface area contributed by atoms with Gasteiger partial charge in [0, 0.05) is 44.5 Å². The van der Waals surface area contributed by atoms with Gasteiger partial charge in [-0.3, -0.25) is 0 Å². The number of hydrogen-bond donors (Lipinski definition) is 0. The van der Waals surface area contributed by atoms with Crippen molar-refractivity contribution in [3.8, 4) is 50.3 Å². The van der Waals surface area contributed by atoms with Gasteiger partial charge < -0.3 is 9.47 Å². The molecule has 62 heavy (non-hydrogen) atoms. The zero-order valence-corrected chi connectivity index (χ0v) is 35.5. The van der Waals surface area contributed by atoms with E-state index < -0.39 is 0 Å². The quantitative estimate of drug-likeness (QED) is 0.163. The van der Waals surface area contributed by atoms with Crippen LogP contribution in [0.15, 0.2) is 206 Å². The van der Waals surface area contributed by atoms with Crippen molar-refractivity contribution in [1.82, 2.24) is 4.57 Å². The Morgan fingerprint density at radius 3 is 1.50 bits per heavy atom. The van der Waals surface area contributed by atoms with Gasteiger partial charge in [0.1, 0.15) is 0 Å². The highest BCUT2D eigenvalue weighted by atomic mass is 15.1. The molecule has 0 radical (unpaired) electrons. The third-order valence-corrected chi connectivity index (χ3v) is 14.0. The molecule has 0 amide bonds. The summed E-state index contributed by atoms with van der Waals surface area (Å²) in [5, 5.41) is 3.74. The average molecular weight is 795 g/mol. The molecule has 0 aliphatic heterocycles. The molecule has 2 aliphatic rings. The highest BCUT2D eigenvalue weighted by Gasteiger charge is 2.38. The molecule has 0 N–H and O–H groups in total. The van der Waals surface area contributed by atoms with Crippen LogP contribution in [0.25, 0.3) is 72.0 Å². The van der Waals surface area contributed by atoms with Gasteiger partial charge >= 0.3 is 0 Å². The normalized spacial score (nSPS) is 14.1. The Bertz CT molecular complexity index is 3280. The molecule has 2 nitrogen and oxygen atoms in total. The van der Waals surface area contributed by atoms with Crippen LogP contribution in [-0.2, 0) is 10.8 Å². The van der Waals surface area contributed by atoms with E-state index in [1.807, 2.05) is 0 Å². The van der Waals surface area contributed by atoms with Crippen molar-refractivity contribution in [2.45, 2.75) is 38.5 Å². The minimum Gasteiger partial charge on any atom is -0.310 e. The lowest BCUT2D eigenvalue weighted by Gasteiger charge is -2.30. The molecule has 1 heterocycles. The minimum atomic E-state index is -0.122. The number of fused-ring (bicyclic) bond motifs is 9. The summed E-state index contributed by atoms with van der Waals surface area (Å²) in [5.74, 6) is 0. The zero-order valence-electron chi connectivity index (χ0n) is 35.5. The van der Waals surface area contributed by atoms with Crippen LogP contribution >= 0.6 is 0 Å². The summed E-state index contributed by atoms with van der Waals surface area (Å²) < 4.78 is 2.46. The molecular formula is C60H46N2. The molecule has 10 aromatic rings. The van der Waals surface area contributed by atoms with E-state index in [1.165, 1.54) is 88.6 Å². The lowest BCUT2D eigenvalue weighted by Crippen LogP contribution is -2.18. The van der Waals surface area contributed by atoms with Gasteiger partial charge in [0.05, 0.1) is 11.2 Å². The van der Waals surface area contributed by atoms with Gasteiger partial charge in [-0.1, -0.05) is 179 Å². The highest BCUT2D eigenvalue weighted by molar-refractivity contribution is 6.18. The molecule has 0 atom stereocenters. The van der Waals surface area contributed by atoms with Gasteiger partial charge in [0.25, 0.3) is 0 Å². The largest absolute Gasteiger partial charge is 0.310 e. The molecular weight excluding hydrogens is 749 g/mol. The van der Waals surface area contributed by atoms with Gasteiger partial charge in [-0.05, 0) is 121 Å². The second-order valence-electron chi connectivity index (χ2n) is 18.1. The molecule has 2 heteroatoms. The monoisotopic (exact) mass is 794 g/mol. The van der Waals surface area contributed by atoms with E-state index in [0.29, 0.717) is 0 Å². The fourth-order valence-corrected chi connectivity index (χ4v) is 10.9. The topological polar surface area (TPSA) is 8.17 Å². The van der Waals surface area contributed by atoms with Crippen LogP contribution in [0.2, 0.25) is 0 Å². The molecule has 0 saturated heterocycles. The molecule has 1 aromatic heterocycles. The predicted molar refractivity (Wildman–Crippen MR) is 261 cm³/mol. The van der Waals surface area contributed by atoms with E-state index in [9.17, 15) is 0 Å². The second-order valence-corrected chi connectivity index (χ2v) is 18.1. The molecule has 2 aliphatic carbocycles. The van der Waals surface area contributed by atoms with E-state index in [0.717, 1.165) is 22.7 Å². The van der Waals surface area contributed by atoms with Crippen molar-refractivity contribution in [2.75, 3.05) is 4.90 Å². The highest BCUT2D eigenvalue weighted by Crippen LogP contribution is 2.54. The summed E-state index contributed by atoms with van der Waals surface area (Å²) in [6, 6.07) is 76.6. The van der Waals surface area contributed by atoms with Gasteiger partial charge in [-0.2, -0.15) is 0 Å². The fraction of sp³-hybridized carbons (Fsp3) is 0.100. The smallest absolute Gasteiger partial charge is 0.0619 e. The van der Waals surface area contributed by atoms with Crippen LogP contribution < -0.4 is 4.90 Å². The second kappa shape index (κ2) is 13.5. The molecule has 0 fully saturated rings. The van der Waals surface area contributed by atoms with Crippen LogP contribution in [0.4, 0.5) is 17.1 Å². The number of aromatic nitrogens is 1. The molecule has 0 unspecified atom stereocenters. The lowest BCUT2D eigenvalue weighted by molar-refractivity contribution is 0.660. The third kappa shape index (κ3) is 5.29. The van der Waals surface area contributed by atoms with Crippen molar-refractivity contribution in [3.05, 3.63) is 229 Å². The van der Waals surface area contributed by atoms with Crippen molar-refractivity contribution in [1.29, 1.82) is 0 Å². The summed E-state index contributed by atoms with van der Waals surface area (Å²) in [5.41, 5.74) is 21.1. The Kier molecular flexibility index (Phi) is 7.96. The van der Waals surface area contributed by atoms with E-state index in [2.05, 4.69) is 243 Å². The molecule has 0 bridgehead atoms. The summed E-state index contributed by atoms with van der Waals surface area (Å²) in [6.45, 7) is 9.48. The van der Waals surface area contributed by atoms with Gasteiger partial charge in [-0.25, -0.2) is 0 Å². The first-order valence-electron chi connectivity index (χ1n) is 21.9. The maximum atomic E-state index is 2.48. The number of rotatable bonds is 6. The van der Waals surface area contributed by atoms with Gasteiger partial charge in [-0.15, -0.1) is 0 Å². The molecule has 0 spiro atoms. The van der Waals surface area contributed by atoms with Crippen LogP contribution in [0.5, 0.6) is 0 Å². The molecule has 9 aromatic carbocycles. The Morgan fingerprint density at radius 2 is 0.887 bits per heavy atom. The summed E-state index contributed by atoms with van der Waals surface area (Å²) in [7, 11) is 0. The summed E-state index contributed by atoms with van der Waals surface area (Å²) in [4.78, 5) is 2.48. The first-order valence-corrected chi connectivity index (χ1v) is 21.9. The SMILES string of the molecule is CC1(C)c2ccccc2-c2ccc(N(c3ccc(-c4c(-c5ccccc5)n(-c5ccccc5)c5ccc6ccccc6c45)cc3)c3ccc4c(c3)C(C)(C)c3ccccc3-4)cc21. The maximum absolute atomic E-state index is 2.48. The fourth-order valence-electron chi connectivity index (χ4n) is 10.9. The lowest BCUT2D eigenvalue weighted by atomic mass is 9.82. The zero-order chi connectivity index (χ0) is 41.7. The average Bonchev–Trinajstić information content (AvgIpc) is 3.87. The Balaban J connectivity index is 1.08. The van der Waals surface area contributed by atoms with Crippen molar-refractivity contribution in [2.24, 2.45) is 0 Å². The summed E-state index contributed by atoms with van der Waals surface area (Å²) in [6.07, 6.45) is 0. The third-order valence-electron chi connectivity index (χ3n) is 14.0. The maximum Gasteiger partial charge on any atom is 0.0619 e. The van der Waals surface area contributed by atoms with Crippen LogP contribution in [-0.4, -0.2) is 4.57 Å². The van der Waals surface area contributed by atoms with E-state index >= 15 is 0 Å². The van der Waals surface area contributed by atoms with Crippen LogP contribution in [0.1, 0.15) is 49.9 Å². The van der Waals surface area contributed by atoms with Crippen LogP contribution in [0, 0.1) is 0 Å². The molecule has 296 valence electrons. The van der Waals surface area contributed by atoms with Crippen molar-refractivity contribution in [3.63, 3.8) is 0 Å². The Hall–Kier alpha value is -7.42. The predicted octanol–water partition coefficient (Wildman–Crippen LogP) is 16.2. The minimum absolute atomic E-state index is 0.122. The number of benzene rings is 9. The number of nitrogens with zero attached hydrogens (tertiary/aromatic N) is 2. The van der Waals surface area contributed by atoms with E-state index in [-0.39, 0.29) is 10.8 Å². The first-order chi connectivity index (χ1) is 30.3. The number of para-hydroxylation sites is 1. The number of hydrogen-bond acceptors (Lipinski definition) is 1. The number of anilines is 3. The van der Waals surface area contributed by atoms with E-state index in [4.69, 9.17) is 0 Å². The summed E-state index contributed by atoms with van der Waals surface area (Å²) >= 11 is 0. The van der Waals surface area contributed by atoms with Crippen LogP contribution in [0.3, 0.4) is 0 Å². The van der Waals surface area contributed by atoms with E-state index in [1.54, 1.807) is 0 Å². The molecule has 12 rings (SSSR count). The molecule has 0 saturated carbocycles. The standard InChI is InChI=1S/C60H46N2/c1-59(2)51-25-15-13-23-47(51)49-34-32-44(37-53(49)59)61(45-33-35-50-48-24-14-16-26-52(48)60(3,4)54(50)38-45)43-30-27-40(28-31-43)56-57-46-22-12-11-17-39(46)29-36-55(57)62(42-20-9-6-10-21-42)58(56)41-18-7-5-8-19-41/h5-38H,1-4H3. The first kappa shape index (κ1) is 36.4. The van der Waals surface area contributed by atoms with Crippen molar-refractivity contribution < 1.29 is 0 Å². The Morgan fingerprint density at radius 1 is 0.387 bits per heavy atom. The van der Waals surface area contributed by atoms with Gasteiger partial charge in [0.15, 0.2) is 0 Å². The van der Waals surface area contributed by atoms with Gasteiger partial charge in [0.2, 0.25) is 0 Å². The Labute approximate surface area is 364 Å².